The van der Waals surface area contributed by atoms with Crippen LogP contribution in [0.3, 0.4) is 0 Å². The molecule has 0 spiro atoms. The van der Waals surface area contributed by atoms with E-state index in [1.165, 1.54) is 0 Å². The standard InChI is InChI=1S/C9H10F5O2Si/c1-9(17(15-2)16-3)7(13)5(11)4(10)6(12)8(9)14/h7H,1-3H3. The van der Waals surface area contributed by atoms with E-state index in [0.717, 1.165) is 21.1 Å². The van der Waals surface area contributed by atoms with Gasteiger partial charge < -0.3 is 8.85 Å². The van der Waals surface area contributed by atoms with Gasteiger partial charge in [0.05, 0.1) is 0 Å². The first-order valence-corrected chi connectivity index (χ1v) is 5.84. The van der Waals surface area contributed by atoms with E-state index in [4.69, 9.17) is 8.85 Å². The minimum atomic E-state index is -2.70. The third-order valence-electron chi connectivity index (χ3n) is 2.58. The topological polar surface area (TPSA) is 18.5 Å². The summed E-state index contributed by atoms with van der Waals surface area (Å²) in [5.74, 6) is -7.92. The van der Waals surface area contributed by atoms with E-state index in [0.29, 0.717) is 0 Å². The zero-order valence-electron chi connectivity index (χ0n) is 9.28. The summed E-state index contributed by atoms with van der Waals surface area (Å²) in [4.78, 5) is 0. The van der Waals surface area contributed by atoms with Crippen LogP contribution < -0.4 is 0 Å². The maximum atomic E-state index is 13.7. The molecule has 1 aliphatic carbocycles. The molecule has 1 aliphatic rings. The van der Waals surface area contributed by atoms with Crippen LogP contribution in [0.25, 0.3) is 0 Å². The normalized spacial score (nSPS) is 30.5. The third-order valence-corrected chi connectivity index (χ3v) is 4.64. The molecule has 0 amide bonds. The van der Waals surface area contributed by atoms with Crippen molar-refractivity contribution in [1.82, 2.24) is 0 Å². The van der Waals surface area contributed by atoms with Crippen LogP contribution in [-0.2, 0) is 8.85 Å². The zero-order valence-corrected chi connectivity index (χ0v) is 10.3. The van der Waals surface area contributed by atoms with Gasteiger partial charge in [-0.25, -0.2) is 22.0 Å². The molecule has 0 heterocycles. The fraction of sp³-hybridized carbons (Fsp3) is 0.556. The number of rotatable bonds is 3. The summed E-state index contributed by atoms with van der Waals surface area (Å²) < 4.78 is 75.7. The molecule has 8 heteroatoms. The number of allylic oxidation sites excluding steroid dienone is 4. The van der Waals surface area contributed by atoms with Crippen molar-refractivity contribution in [3.8, 4) is 0 Å². The molecule has 0 aliphatic heterocycles. The van der Waals surface area contributed by atoms with E-state index in [1.807, 2.05) is 0 Å². The van der Waals surface area contributed by atoms with Gasteiger partial charge >= 0.3 is 9.28 Å². The molecule has 2 unspecified atom stereocenters. The van der Waals surface area contributed by atoms with Gasteiger partial charge in [-0.2, -0.15) is 0 Å². The predicted molar refractivity (Wildman–Crippen MR) is 51.5 cm³/mol. The molecule has 0 N–H and O–H groups in total. The van der Waals surface area contributed by atoms with Crippen LogP contribution in [0, 0.1) is 0 Å². The SMILES string of the molecule is CO[Si](OC)C1(C)C(F)=C(F)C(F)=C(F)C1F. The van der Waals surface area contributed by atoms with Crippen LogP contribution in [0.1, 0.15) is 6.92 Å². The minimum Gasteiger partial charge on any atom is -0.396 e. The van der Waals surface area contributed by atoms with Crippen LogP contribution >= 0.6 is 0 Å². The molecular weight excluding hydrogens is 263 g/mol. The van der Waals surface area contributed by atoms with Crippen LogP contribution in [0.15, 0.2) is 23.3 Å². The van der Waals surface area contributed by atoms with E-state index < -0.39 is 43.8 Å². The Morgan fingerprint density at radius 3 is 1.94 bits per heavy atom. The van der Waals surface area contributed by atoms with E-state index in [-0.39, 0.29) is 0 Å². The van der Waals surface area contributed by atoms with Gasteiger partial charge in [0.1, 0.15) is 10.9 Å². The summed E-state index contributed by atoms with van der Waals surface area (Å²) in [5, 5.41) is -2.31. The van der Waals surface area contributed by atoms with Crippen molar-refractivity contribution in [3.63, 3.8) is 0 Å². The second-order valence-corrected chi connectivity index (χ2v) is 5.98. The highest BCUT2D eigenvalue weighted by Gasteiger charge is 2.57. The molecule has 1 radical (unpaired) electrons. The van der Waals surface area contributed by atoms with E-state index in [1.54, 1.807) is 0 Å². The van der Waals surface area contributed by atoms with Gasteiger partial charge in [-0.3, -0.25) is 0 Å². The highest BCUT2D eigenvalue weighted by Crippen LogP contribution is 2.54. The van der Waals surface area contributed by atoms with Crippen LogP contribution in [0.5, 0.6) is 0 Å². The van der Waals surface area contributed by atoms with Crippen molar-refractivity contribution >= 4 is 9.28 Å². The Bertz CT molecular complexity index is 380. The second-order valence-electron chi connectivity index (χ2n) is 3.55. The Kier molecular flexibility index (Phi) is 4.10. The first-order valence-electron chi connectivity index (χ1n) is 4.53. The fourth-order valence-electron chi connectivity index (χ4n) is 1.61. The van der Waals surface area contributed by atoms with Gasteiger partial charge in [-0.1, -0.05) is 0 Å². The lowest BCUT2D eigenvalue weighted by molar-refractivity contribution is 0.167. The second kappa shape index (κ2) is 4.87. The smallest absolute Gasteiger partial charge is 0.396 e. The molecule has 0 saturated heterocycles. The molecule has 2 atom stereocenters. The van der Waals surface area contributed by atoms with E-state index in [2.05, 4.69) is 0 Å². The van der Waals surface area contributed by atoms with Crippen LogP contribution in [-0.4, -0.2) is 29.7 Å². The summed E-state index contributed by atoms with van der Waals surface area (Å²) in [6.45, 7) is 0.889. The maximum absolute atomic E-state index is 13.7. The van der Waals surface area contributed by atoms with E-state index >= 15 is 0 Å². The molecule has 0 bridgehead atoms. The Morgan fingerprint density at radius 2 is 1.53 bits per heavy atom. The van der Waals surface area contributed by atoms with Gasteiger partial charge in [0.25, 0.3) is 0 Å². The number of hydrogen-bond donors (Lipinski definition) is 0. The number of halogens is 5. The predicted octanol–water partition coefficient (Wildman–Crippen LogP) is 3.18. The minimum absolute atomic E-state index is 0.889. The van der Waals surface area contributed by atoms with Crippen molar-refractivity contribution in [3.05, 3.63) is 23.3 Å². The molecular formula is C9H10F5O2Si. The van der Waals surface area contributed by atoms with Crippen LogP contribution in [0.4, 0.5) is 22.0 Å². The molecule has 2 nitrogen and oxygen atoms in total. The van der Waals surface area contributed by atoms with E-state index in [9.17, 15) is 22.0 Å². The molecule has 0 aromatic rings. The highest BCUT2D eigenvalue weighted by atomic mass is 28.3. The first kappa shape index (κ1) is 14.3. The maximum Gasteiger partial charge on any atom is 0.401 e. The quantitative estimate of drug-likeness (QED) is 0.581. The van der Waals surface area contributed by atoms with Crippen molar-refractivity contribution in [2.75, 3.05) is 14.2 Å². The molecule has 17 heavy (non-hydrogen) atoms. The largest absolute Gasteiger partial charge is 0.401 e. The molecule has 1 rings (SSSR count). The Hall–Kier alpha value is -0.733. The number of alkyl halides is 1. The summed E-state index contributed by atoms with van der Waals surface area (Å²) in [6.07, 6.45) is -2.68. The lowest BCUT2D eigenvalue weighted by Gasteiger charge is -2.35. The third kappa shape index (κ3) is 1.93. The first-order chi connectivity index (χ1) is 7.82. The van der Waals surface area contributed by atoms with Crippen LogP contribution in [0.2, 0.25) is 5.04 Å². The van der Waals surface area contributed by atoms with Crippen molar-refractivity contribution in [1.29, 1.82) is 0 Å². The van der Waals surface area contributed by atoms with Crippen molar-refractivity contribution < 1.29 is 30.8 Å². The lowest BCUT2D eigenvalue weighted by Crippen LogP contribution is -2.44. The van der Waals surface area contributed by atoms with Crippen molar-refractivity contribution in [2.45, 2.75) is 18.1 Å². The summed E-state index contributed by atoms with van der Waals surface area (Å²) in [7, 11) is -0.515. The average Bonchev–Trinajstić information content (AvgIpc) is 2.33. The number of hydrogen-bond acceptors (Lipinski definition) is 2. The monoisotopic (exact) mass is 273 g/mol. The van der Waals surface area contributed by atoms with Crippen molar-refractivity contribution in [2.24, 2.45) is 0 Å². The van der Waals surface area contributed by atoms with Gasteiger partial charge in [0, 0.05) is 14.2 Å². The molecule has 0 saturated carbocycles. The fourth-order valence-corrected chi connectivity index (χ4v) is 3.24. The molecule has 0 aromatic heterocycles. The molecule has 0 fully saturated rings. The van der Waals surface area contributed by atoms with Gasteiger partial charge in [0.2, 0.25) is 0 Å². The molecule has 0 aromatic carbocycles. The summed E-state index contributed by atoms with van der Waals surface area (Å²) in [6, 6.07) is 0. The Balaban J connectivity index is 3.36. The van der Waals surface area contributed by atoms with Gasteiger partial charge in [0.15, 0.2) is 23.7 Å². The summed E-state index contributed by atoms with van der Waals surface area (Å²) >= 11 is 0. The lowest BCUT2D eigenvalue weighted by atomic mass is 9.96. The molecule has 97 valence electrons. The van der Waals surface area contributed by atoms with Gasteiger partial charge in [-0.15, -0.1) is 0 Å². The summed E-state index contributed by atoms with van der Waals surface area (Å²) in [5.41, 5.74) is 0. The average molecular weight is 273 g/mol. The zero-order chi connectivity index (χ0) is 13.4. The Morgan fingerprint density at radius 1 is 1.06 bits per heavy atom. The van der Waals surface area contributed by atoms with Gasteiger partial charge in [-0.05, 0) is 6.92 Å². The Labute approximate surface area is 96.6 Å². The highest BCUT2D eigenvalue weighted by molar-refractivity contribution is 6.50.